The highest BCUT2D eigenvalue weighted by molar-refractivity contribution is 6.30. The van der Waals surface area contributed by atoms with E-state index in [1.807, 2.05) is 42.5 Å². The Morgan fingerprint density at radius 3 is 2.83 bits per heavy atom. The number of para-hydroxylation sites is 1. The maximum Gasteiger partial charge on any atom is 0.230 e. The normalized spacial score (nSPS) is 19.6. The Morgan fingerprint density at radius 1 is 1.13 bits per heavy atom. The molecule has 116 valence electrons. The molecule has 0 aliphatic heterocycles. The van der Waals surface area contributed by atoms with Gasteiger partial charge >= 0.3 is 0 Å². The fourth-order valence-electron chi connectivity index (χ4n) is 2.90. The number of rotatable bonds is 4. The molecule has 2 atom stereocenters. The molecule has 0 bridgehead atoms. The van der Waals surface area contributed by atoms with Crippen LogP contribution in [0.5, 0.6) is 5.75 Å². The zero-order chi connectivity index (χ0) is 15.8. The Kier molecular flexibility index (Phi) is 3.54. The first kappa shape index (κ1) is 14.3. The van der Waals surface area contributed by atoms with E-state index in [9.17, 15) is 0 Å². The molecular formula is C18H15ClN2O2. The van der Waals surface area contributed by atoms with Gasteiger partial charge in [-0.25, -0.2) is 0 Å². The molecule has 4 rings (SSSR count). The van der Waals surface area contributed by atoms with Crippen molar-refractivity contribution in [3.63, 3.8) is 0 Å². The van der Waals surface area contributed by atoms with E-state index < -0.39 is 0 Å². The SMILES string of the molecule is COc1ccccc1-c1noc([C@H]2C[C@H]2c2cccc(Cl)c2)n1. The van der Waals surface area contributed by atoms with E-state index in [2.05, 4.69) is 16.2 Å². The van der Waals surface area contributed by atoms with E-state index in [4.69, 9.17) is 20.9 Å². The zero-order valence-corrected chi connectivity index (χ0v) is 13.3. The summed E-state index contributed by atoms with van der Waals surface area (Å²) < 4.78 is 10.8. The quantitative estimate of drug-likeness (QED) is 0.699. The van der Waals surface area contributed by atoms with E-state index in [-0.39, 0.29) is 5.92 Å². The first-order valence-corrected chi connectivity index (χ1v) is 7.86. The molecule has 1 aliphatic carbocycles. The third-order valence-electron chi connectivity index (χ3n) is 4.17. The third-order valence-corrected chi connectivity index (χ3v) is 4.41. The van der Waals surface area contributed by atoms with Crippen molar-refractivity contribution in [3.05, 3.63) is 65.0 Å². The lowest BCUT2D eigenvalue weighted by atomic mass is 10.1. The average Bonchev–Trinajstić information content (AvgIpc) is 3.24. The van der Waals surface area contributed by atoms with E-state index in [1.54, 1.807) is 7.11 Å². The summed E-state index contributed by atoms with van der Waals surface area (Å²) in [6, 6.07) is 15.6. The lowest BCUT2D eigenvalue weighted by molar-refractivity contribution is 0.378. The van der Waals surface area contributed by atoms with Crippen molar-refractivity contribution in [2.75, 3.05) is 7.11 Å². The Hall–Kier alpha value is -2.33. The topological polar surface area (TPSA) is 48.2 Å². The lowest BCUT2D eigenvalue weighted by Crippen LogP contribution is -1.89. The molecule has 1 aliphatic rings. The minimum atomic E-state index is 0.268. The van der Waals surface area contributed by atoms with Crippen LogP contribution in [0.3, 0.4) is 0 Å². The van der Waals surface area contributed by atoms with Crippen molar-refractivity contribution < 1.29 is 9.26 Å². The highest BCUT2D eigenvalue weighted by Crippen LogP contribution is 2.54. The fraction of sp³-hybridized carbons (Fsp3) is 0.222. The molecule has 1 saturated carbocycles. The monoisotopic (exact) mass is 326 g/mol. The number of halogens is 1. The second-order valence-electron chi connectivity index (χ2n) is 5.66. The van der Waals surface area contributed by atoms with Crippen LogP contribution in [0.25, 0.3) is 11.4 Å². The van der Waals surface area contributed by atoms with Gasteiger partial charge in [-0.15, -0.1) is 0 Å². The van der Waals surface area contributed by atoms with Gasteiger partial charge in [-0.2, -0.15) is 4.98 Å². The molecule has 4 nitrogen and oxygen atoms in total. The van der Waals surface area contributed by atoms with Gasteiger partial charge in [-0.05, 0) is 42.2 Å². The van der Waals surface area contributed by atoms with Crippen LogP contribution < -0.4 is 4.74 Å². The summed E-state index contributed by atoms with van der Waals surface area (Å²) in [5, 5.41) is 4.87. The minimum Gasteiger partial charge on any atom is -0.496 e. The van der Waals surface area contributed by atoms with Gasteiger partial charge in [0, 0.05) is 10.9 Å². The second-order valence-corrected chi connectivity index (χ2v) is 6.10. The van der Waals surface area contributed by atoms with Crippen LogP contribution in [0.15, 0.2) is 53.1 Å². The van der Waals surface area contributed by atoms with Crippen LogP contribution in [-0.4, -0.2) is 17.3 Å². The summed E-state index contributed by atoms with van der Waals surface area (Å²) in [4.78, 5) is 4.56. The van der Waals surface area contributed by atoms with Crippen LogP contribution in [0, 0.1) is 0 Å². The number of benzene rings is 2. The maximum absolute atomic E-state index is 6.06. The van der Waals surface area contributed by atoms with E-state index >= 15 is 0 Å². The predicted molar refractivity (Wildman–Crippen MR) is 87.8 cm³/mol. The number of nitrogens with zero attached hydrogens (tertiary/aromatic N) is 2. The average molecular weight is 327 g/mol. The second kappa shape index (κ2) is 5.70. The van der Waals surface area contributed by atoms with Gasteiger partial charge < -0.3 is 9.26 Å². The molecule has 1 aromatic heterocycles. The predicted octanol–water partition coefficient (Wildman–Crippen LogP) is 4.67. The van der Waals surface area contributed by atoms with Gasteiger partial charge in [0.25, 0.3) is 0 Å². The highest BCUT2D eigenvalue weighted by Gasteiger charge is 2.43. The largest absolute Gasteiger partial charge is 0.496 e. The molecule has 3 aromatic rings. The molecule has 2 aromatic carbocycles. The Balaban J connectivity index is 1.58. The standard InChI is InChI=1S/C18H15ClN2O2/c1-22-16-8-3-2-7-13(16)17-20-18(23-21-17)15-10-14(15)11-5-4-6-12(19)9-11/h2-9,14-15H,10H2,1H3/t14-,15-/m0/s1. The van der Waals surface area contributed by atoms with Crippen LogP contribution >= 0.6 is 11.6 Å². The molecule has 23 heavy (non-hydrogen) atoms. The Morgan fingerprint density at radius 2 is 2.00 bits per heavy atom. The van der Waals surface area contributed by atoms with Crippen LogP contribution in [0.2, 0.25) is 5.02 Å². The number of hydrogen-bond donors (Lipinski definition) is 0. The fourth-order valence-corrected chi connectivity index (χ4v) is 3.10. The van der Waals surface area contributed by atoms with E-state index in [0.29, 0.717) is 17.6 Å². The molecule has 0 saturated heterocycles. The lowest BCUT2D eigenvalue weighted by Gasteiger charge is -2.03. The van der Waals surface area contributed by atoms with Crippen LogP contribution in [-0.2, 0) is 0 Å². The molecule has 0 spiro atoms. The Bertz CT molecular complexity index is 846. The third kappa shape index (κ3) is 2.70. The van der Waals surface area contributed by atoms with Crippen molar-refractivity contribution in [1.82, 2.24) is 10.1 Å². The Labute approximate surface area is 139 Å². The summed E-state index contributed by atoms with van der Waals surface area (Å²) >= 11 is 6.06. The summed E-state index contributed by atoms with van der Waals surface area (Å²) in [7, 11) is 1.63. The summed E-state index contributed by atoms with van der Waals surface area (Å²) in [6.45, 7) is 0. The van der Waals surface area contributed by atoms with Crippen molar-refractivity contribution in [2.24, 2.45) is 0 Å². The van der Waals surface area contributed by atoms with Crippen molar-refractivity contribution in [1.29, 1.82) is 0 Å². The van der Waals surface area contributed by atoms with Gasteiger partial charge in [0.05, 0.1) is 12.7 Å². The van der Waals surface area contributed by atoms with Crippen LogP contribution in [0.1, 0.15) is 29.7 Å². The molecule has 1 fully saturated rings. The van der Waals surface area contributed by atoms with E-state index in [0.717, 1.165) is 22.8 Å². The smallest absolute Gasteiger partial charge is 0.230 e. The molecule has 0 N–H and O–H groups in total. The van der Waals surface area contributed by atoms with E-state index in [1.165, 1.54) is 5.56 Å². The van der Waals surface area contributed by atoms with Crippen molar-refractivity contribution >= 4 is 11.6 Å². The van der Waals surface area contributed by atoms with Gasteiger partial charge in [0.15, 0.2) is 0 Å². The number of hydrogen-bond acceptors (Lipinski definition) is 4. The first-order chi connectivity index (χ1) is 11.3. The van der Waals surface area contributed by atoms with Gasteiger partial charge in [0.2, 0.25) is 11.7 Å². The minimum absolute atomic E-state index is 0.268. The molecule has 0 unspecified atom stereocenters. The van der Waals surface area contributed by atoms with Crippen molar-refractivity contribution in [3.8, 4) is 17.1 Å². The summed E-state index contributed by atoms with van der Waals surface area (Å²) in [6.07, 6.45) is 1.01. The number of methoxy groups -OCH3 is 1. The summed E-state index contributed by atoms with van der Waals surface area (Å²) in [5.41, 5.74) is 2.06. The number of ether oxygens (including phenoxy) is 1. The number of aromatic nitrogens is 2. The summed E-state index contributed by atoms with van der Waals surface area (Å²) in [5.74, 6) is 2.65. The van der Waals surface area contributed by atoms with Gasteiger partial charge in [-0.1, -0.05) is 41.0 Å². The molecule has 0 amide bonds. The highest BCUT2D eigenvalue weighted by atomic mass is 35.5. The molecule has 1 heterocycles. The maximum atomic E-state index is 6.06. The van der Waals surface area contributed by atoms with Gasteiger partial charge in [0.1, 0.15) is 5.75 Å². The molecule has 5 heteroatoms. The molecule has 0 radical (unpaired) electrons. The van der Waals surface area contributed by atoms with Gasteiger partial charge in [-0.3, -0.25) is 0 Å². The van der Waals surface area contributed by atoms with Crippen molar-refractivity contribution in [2.45, 2.75) is 18.3 Å². The van der Waals surface area contributed by atoms with Crippen LogP contribution in [0.4, 0.5) is 0 Å². The first-order valence-electron chi connectivity index (χ1n) is 7.48. The zero-order valence-electron chi connectivity index (χ0n) is 12.6. The molecular weight excluding hydrogens is 312 g/mol.